The first-order chi connectivity index (χ1) is 11.9. The van der Waals surface area contributed by atoms with E-state index in [9.17, 15) is 0 Å². The van der Waals surface area contributed by atoms with Gasteiger partial charge in [0, 0.05) is 70.8 Å². The van der Waals surface area contributed by atoms with Crippen molar-refractivity contribution in [2.24, 2.45) is 0 Å². The van der Waals surface area contributed by atoms with Crippen molar-refractivity contribution < 1.29 is 0 Å². The SMILES string of the molecule is c1cnc(N2CCN(c3cc(N4CCNCC4)ncn3)CC2)nc1. The van der Waals surface area contributed by atoms with Gasteiger partial charge in [0.25, 0.3) is 0 Å². The molecule has 8 heteroatoms. The molecule has 8 nitrogen and oxygen atoms in total. The van der Waals surface area contributed by atoms with Gasteiger partial charge in [0.2, 0.25) is 5.95 Å². The molecule has 1 N–H and O–H groups in total. The van der Waals surface area contributed by atoms with E-state index in [4.69, 9.17) is 0 Å². The van der Waals surface area contributed by atoms with E-state index in [2.05, 4.69) is 46.0 Å². The number of rotatable bonds is 3. The molecule has 0 saturated carbocycles. The fourth-order valence-electron chi connectivity index (χ4n) is 3.17. The van der Waals surface area contributed by atoms with Crippen LogP contribution in [0.5, 0.6) is 0 Å². The maximum atomic E-state index is 4.48. The molecule has 126 valence electrons. The van der Waals surface area contributed by atoms with E-state index in [0.29, 0.717) is 0 Å². The largest absolute Gasteiger partial charge is 0.354 e. The maximum Gasteiger partial charge on any atom is 0.225 e. The Morgan fingerprint density at radius 1 is 0.708 bits per heavy atom. The zero-order valence-corrected chi connectivity index (χ0v) is 13.7. The van der Waals surface area contributed by atoms with Crippen LogP contribution < -0.4 is 20.0 Å². The zero-order valence-electron chi connectivity index (χ0n) is 13.7. The van der Waals surface area contributed by atoms with Gasteiger partial charge in [-0.05, 0) is 6.07 Å². The van der Waals surface area contributed by atoms with Gasteiger partial charge in [0.1, 0.15) is 18.0 Å². The van der Waals surface area contributed by atoms with Gasteiger partial charge in [-0.2, -0.15) is 0 Å². The van der Waals surface area contributed by atoms with Crippen LogP contribution in [0.15, 0.2) is 30.9 Å². The predicted octanol–water partition coefficient (Wildman–Crippen LogP) is 0.00280. The van der Waals surface area contributed by atoms with Crippen molar-refractivity contribution >= 4 is 17.6 Å². The fraction of sp³-hybridized carbons (Fsp3) is 0.500. The fourth-order valence-corrected chi connectivity index (χ4v) is 3.17. The van der Waals surface area contributed by atoms with E-state index in [1.54, 1.807) is 18.7 Å². The molecule has 0 spiro atoms. The van der Waals surface area contributed by atoms with E-state index in [-0.39, 0.29) is 0 Å². The number of aromatic nitrogens is 4. The van der Waals surface area contributed by atoms with E-state index in [0.717, 1.165) is 69.9 Å². The minimum atomic E-state index is 0.807. The summed E-state index contributed by atoms with van der Waals surface area (Å²) in [6.07, 6.45) is 5.26. The summed E-state index contributed by atoms with van der Waals surface area (Å²) in [6.45, 7) is 7.63. The van der Waals surface area contributed by atoms with Gasteiger partial charge in [-0.1, -0.05) is 0 Å². The molecule has 2 saturated heterocycles. The molecule has 0 amide bonds. The molecule has 4 rings (SSSR count). The molecule has 0 radical (unpaired) electrons. The lowest BCUT2D eigenvalue weighted by molar-refractivity contribution is 0.583. The van der Waals surface area contributed by atoms with Crippen LogP contribution in [0.2, 0.25) is 0 Å². The van der Waals surface area contributed by atoms with Gasteiger partial charge < -0.3 is 20.0 Å². The molecule has 2 aromatic rings. The Balaban J connectivity index is 1.42. The first-order valence-corrected chi connectivity index (χ1v) is 8.45. The van der Waals surface area contributed by atoms with Gasteiger partial charge in [-0.25, -0.2) is 19.9 Å². The Kier molecular flexibility index (Phi) is 4.37. The molecule has 24 heavy (non-hydrogen) atoms. The number of nitrogens with one attached hydrogen (secondary N) is 1. The van der Waals surface area contributed by atoms with Gasteiger partial charge >= 0.3 is 0 Å². The number of anilines is 3. The summed E-state index contributed by atoms with van der Waals surface area (Å²) < 4.78 is 0. The third-order valence-corrected chi connectivity index (χ3v) is 4.52. The number of hydrogen-bond acceptors (Lipinski definition) is 8. The monoisotopic (exact) mass is 326 g/mol. The Morgan fingerprint density at radius 2 is 1.29 bits per heavy atom. The summed E-state index contributed by atoms with van der Waals surface area (Å²) in [5.41, 5.74) is 0. The number of piperazine rings is 2. The lowest BCUT2D eigenvalue weighted by atomic mass is 10.3. The first-order valence-electron chi connectivity index (χ1n) is 8.45. The summed E-state index contributed by atoms with van der Waals surface area (Å²) in [5.74, 6) is 2.84. The van der Waals surface area contributed by atoms with Crippen LogP contribution in [0.4, 0.5) is 17.6 Å². The third-order valence-electron chi connectivity index (χ3n) is 4.52. The molecule has 4 heterocycles. The lowest BCUT2D eigenvalue weighted by Crippen LogP contribution is -2.47. The summed E-state index contributed by atoms with van der Waals surface area (Å²) in [7, 11) is 0. The molecular weight excluding hydrogens is 304 g/mol. The van der Waals surface area contributed by atoms with Crippen molar-refractivity contribution in [3.05, 3.63) is 30.9 Å². The highest BCUT2D eigenvalue weighted by atomic mass is 15.3. The average Bonchev–Trinajstić information content (AvgIpc) is 2.70. The molecule has 0 aromatic carbocycles. The van der Waals surface area contributed by atoms with E-state index in [1.165, 1.54) is 0 Å². The minimum absolute atomic E-state index is 0.807. The van der Waals surface area contributed by atoms with Gasteiger partial charge in [0.15, 0.2) is 0 Å². The number of hydrogen-bond donors (Lipinski definition) is 1. The quantitative estimate of drug-likeness (QED) is 0.845. The van der Waals surface area contributed by atoms with Crippen LogP contribution in [-0.2, 0) is 0 Å². The molecule has 0 bridgehead atoms. The highest BCUT2D eigenvalue weighted by Gasteiger charge is 2.21. The molecule has 2 aliphatic heterocycles. The third kappa shape index (κ3) is 3.23. The van der Waals surface area contributed by atoms with Crippen molar-refractivity contribution in [1.82, 2.24) is 25.3 Å². The van der Waals surface area contributed by atoms with Crippen molar-refractivity contribution in [3.8, 4) is 0 Å². The van der Waals surface area contributed by atoms with Crippen LogP contribution in [-0.4, -0.2) is 72.3 Å². The Bertz CT molecular complexity index is 650. The number of nitrogens with zero attached hydrogens (tertiary/aromatic N) is 7. The summed E-state index contributed by atoms with van der Waals surface area (Å²) in [4.78, 5) is 24.4. The van der Waals surface area contributed by atoms with E-state index >= 15 is 0 Å². The molecule has 2 aliphatic rings. The standard InChI is InChI=1S/C16H22N8/c1-2-18-16(19-3-1)24-10-8-23(9-11-24)15-12-14(20-13-21-15)22-6-4-17-5-7-22/h1-3,12-13,17H,4-11H2. The van der Waals surface area contributed by atoms with Crippen LogP contribution in [0, 0.1) is 0 Å². The predicted molar refractivity (Wildman–Crippen MR) is 93.6 cm³/mol. The van der Waals surface area contributed by atoms with Crippen LogP contribution >= 0.6 is 0 Å². The van der Waals surface area contributed by atoms with Gasteiger partial charge in [-0.3, -0.25) is 0 Å². The first kappa shape index (κ1) is 15.1. The molecule has 0 aliphatic carbocycles. The van der Waals surface area contributed by atoms with Crippen LogP contribution in [0.25, 0.3) is 0 Å². The molecule has 0 unspecified atom stereocenters. The minimum Gasteiger partial charge on any atom is -0.354 e. The molecule has 0 atom stereocenters. The van der Waals surface area contributed by atoms with Gasteiger partial charge in [-0.15, -0.1) is 0 Å². The van der Waals surface area contributed by atoms with Crippen molar-refractivity contribution in [1.29, 1.82) is 0 Å². The zero-order chi connectivity index (χ0) is 16.2. The Morgan fingerprint density at radius 3 is 1.96 bits per heavy atom. The second-order valence-corrected chi connectivity index (χ2v) is 5.99. The average molecular weight is 326 g/mol. The van der Waals surface area contributed by atoms with Gasteiger partial charge in [0.05, 0.1) is 0 Å². The van der Waals surface area contributed by atoms with Crippen LogP contribution in [0.3, 0.4) is 0 Å². The maximum absolute atomic E-state index is 4.48. The Labute approximate surface area is 141 Å². The normalized spacial score (nSPS) is 18.8. The second-order valence-electron chi connectivity index (χ2n) is 5.99. The lowest BCUT2D eigenvalue weighted by Gasteiger charge is -2.35. The van der Waals surface area contributed by atoms with Crippen LogP contribution in [0.1, 0.15) is 0 Å². The van der Waals surface area contributed by atoms with E-state index in [1.807, 2.05) is 6.07 Å². The summed E-state index contributed by atoms with van der Waals surface area (Å²) in [6, 6.07) is 3.96. The van der Waals surface area contributed by atoms with Crippen molar-refractivity contribution in [2.75, 3.05) is 67.1 Å². The van der Waals surface area contributed by atoms with E-state index < -0.39 is 0 Å². The Hall–Kier alpha value is -2.48. The van der Waals surface area contributed by atoms with Crippen molar-refractivity contribution in [3.63, 3.8) is 0 Å². The van der Waals surface area contributed by atoms with Crippen molar-refractivity contribution in [2.45, 2.75) is 0 Å². The molecule has 2 fully saturated rings. The topological polar surface area (TPSA) is 73.3 Å². The highest BCUT2D eigenvalue weighted by Crippen LogP contribution is 2.20. The molecular formula is C16H22N8. The molecule has 2 aromatic heterocycles. The summed E-state index contributed by atoms with van der Waals surface area (Å²) in [5, 5.41) is 3.37. The summed E-state index contributed by atoms with van der Waals surface area (Å²) >= 11 is 0. The smallest absolute Gasteiger partial charge is 0.225 e. The highest BCUT2D eigenvalue weighted by molar-refractivity contribution is 5.51. The second kappa shape index (κ2) is 6.96.